The number of nitro benzene ring substituents is 1. The Kier molecular flexibility index (Phi) is 6.58. The highest BCUT2D eigenvalue weighted by molar-refractivity contribution is 6.32. The monoisotopic (exact) mass is 257 g/mol. The van der Waals surface area contributed by atoms with Gasteiger partial charge in [0.25, 0.3) is 5.69 Å². The lowest BCUT2D eigenvalue weighted by molar-refractivity contribution is -0.384. The van der Waals surface area contributed by atoms with Crippen molar-refractivity contribution in [2.75, 3.05) is 0 Å². The summed E-state index contributed by atoms with van der Waals surface area (Å²) >= 11 is 5.57. The minimum Gasteiger partial charge on any atom is -0.478 e. The van der Waals surface area contributed by atoms with Crippen LogP contribution in [0.15, 0.2) is 24.3 Å². The van der Waals surface area contributed by atoms with Crippen LogP contribution in [0, 0.1) is 10.1 Å². The summed E-state index contributed by atoms with van der Waals surface area (Å²) in [5, 5.41) is 18.9. The second-order valence-electron chi connectivity index (χ2n) is 2.64. The smallest absolute Gasteiger partial charge is 0.328 e. The molecule has 1 aromatic carbocycles. The normalized spacial score (nSPS) is 9.59. The molecule has 0 bridgehead atoms. The van der Waals surface area contributed by atoms with Crippen LogP contribution in [-0.4, -0.2) is 16.0 Å². The number of carboxylic acids is 1. The van der Waals surface area contributed by atoms with E-state index >= 15 is 0 Å². The Hall–Kier alpha value is -1.88. The largest absolute Gasteiger partial charge is 0.478 e. The molecule has 0 amide bonds. The van der Waals surface area contributed by atoms with Crippen LogP contribution >= 0.6 is 11.6 Å². The second kappa shape index (κ2) is 7.40. The zero-order chi connectivity index (χ0) is 13.4. The maximum atomic E-state index is 10.5. The van der Waals surface area contributed by atoms with Gasteiger partial charge in [0.2, 0.25) is 0 Å². The fourth-order valence-electron chi connectivity index (χ4n) is 0.941. The van der Waals surface area contributed by atoms with Gasteiger partial charge >= 0.3 is 5.97 Å². The molecule has 0 saturated heterocycles. The van der Waals surface area contributed by atoms with E-state index in [4.69, 9.17) is 16.7 Å². The summed E-state index contributed by atoms with van der Waals surface area (Å²) in [4.78, 5) is 20.1. The van der Waals surface area contributed by atoms with Crippen molar-refractivity contribution >= 4 is 29.3 Å². The molecule has 0 spiro atoms. The van der Waals surface area contributed by atoms with Crippen LogP contribution in [0.4, 0.5) is 5.69 Å². The fourth-order valence-corrected chi connectivity index (χ4v) is 1.13. The molecule has 0 aromatic heterocycles. The first-order valence-electron chi connectivity index (χ1n) is 4.85. The quantitative estimate of drug-likeness (QED) is 0.511. The maximum absolute atomic E-state index is 10.5. The van der Waals surface area contributed by atoms with Crippen LogP contribution < -0.4 is 0 Å². The number of nitrogens with zero attached hydrogens (tertiary/aromatic N) is 1. The van der Waals surface area contributed by atoms with Crippen LogP contribution in [0.1, 0.15) is 19.4 Å². The van der Waals surface area contributed by atoms with E-state index in [-0.39, 0.29) is 10.7 Å². The van der Waals surface area contributed by atoms with E-state index in [2.05, 4.69) is 0 Å². The Morgan fingerprint density at radius 1 is 1.47 bits per heavy atom. The lowest BCUT2D eigenvalue weighted by Crippen LogP contribution is -1.90. The molecule has 0 radical (unpaired) electrons. The van der Waals surface area contributed by atoms with E-state index in [1.54, 1.807) is 0 Å². The van der Waals surface area contributed by atoms with E-state index in [1.807, 2.05) is 13.8 Å². The molecule has 0 aliphatic heterocycles. The van der Waals surface area contributed by atoms with E-state index in [0.29, 0.717) is 5.56 Å². The highest BCUT2D eigenvalue weighted by Crippen LogP contribution is 2.25. The standard InChI is InChI=1S/C9H6ClNO4.C2H6/c10-7-3-1-6(2-4-9(12)13)5-8(7)11(14)15;1-2/h1-5H,(H,12,13);1-2H3/b4-2+;. The maximum Gasteiger partial charge on any atom is 0.328 e. The molecule has 0 saturated carbocycles. The number of hydrogen-bond acceptors (Lipinski definition) is 3. The average molecular weight is 258 g/mol. The molecule has 0 fully saturated rings. The molecule has 0 aliphatic carbocycles. The van der Waals surface area contributed by atoms with Crippen LogP contribution in [0.3, 0.4) is 0 Å². The molecule has 1 aromatic rings. The first kappa shape index (κ1) is 15.1. The summed E-state index contributed by atoms with van der Waals surface area (Å²) in [6.07, 6.45) is 2.15. The summed E-state index contributed by atoms with van der Waals surface area (Å²) < 4.78 is 0. The zero-order valence-corrected chi connectivity index (χ0v) is 10.1. The minimum absolute atomic E-state index is 0.0208. The number of carboxylic acid groups (broad SMARTS) is 1. The summed E-state index contributed by atoms with van der Waals surface area (Å²) in [7, 11) is 0. The minimum atomic E-state index is -1.12. The van der Waals surface area contributed by atoms with Gasteiger partial charge in [0, 0.05) is 12.1 Å². The molecule has 0 heterocycles. The number of hydrogen-bond donors (Lipinski definition) is 1. The Labute approximate surface area is 103 Å². The summed E-state index contributed by atoms with van der Waals surface area (Å²) in [5.74, 6) is -1.12. The predicted molar refractivity (Wildman–Crippen MR) is 66.1 cm³/mol. The van der Waals surface area contributed by atoms with Gasteiger partial charge in [-0.15, -0.1) is 0 Å². The van der Waals surface area contributed by atoms with E-state index in [0.717, 1.165) is 6.08 Å². The third-order valence-corrected chi connectivity index (χ3v) is 1.90. The van der Waals surface area contributed by atoms with Crippen molar-refractivity contribution in [1.82, 2.24) is 0 Å². The third-order valence-electron chi connectivity index (χ3n) is 1.59. The number of benzene rings is 1. The summed E-state index contributed by atoms with van der Waals surface area (Å²) in [6, 6.07) is 4.05. The molecular formula is C11H12ClNO4. The Morgan fingerprint density at radius 2 is 2.06 bits per heavy atom. The van der Waals surface area contributed by atoms with Gasteiger partial charge in [-0.2, -0.15) is 0 Å². The van der Waals surface area contributed by atoms with Crippen molar-refractivity contribution in [2.45, 2.75) is 13.8 Å². The molecule has 1 N–H and O–H groups in total. The second-order valence-corrected chi connectivity index (χ2v) is 3.05. The molecule has 17 heavy (non-hydrogen) atoms. The van der Waals surface area contributed by atoms with Gasteiger partial charge in [-0.1, -0.05) is 31.5 Å². The van der Waals surface area contributed by atoms with Crippen molar-refractivity contribution in [3.63, 3.8) is 0 Å². The molecule has 5 nitrogen and oxygen atoms in total. The molecule has 92 valence electrons. The number of aliphatic carboxylic acids is 1. The fraction of sp³-hybridized carbons (Fsp3) is 0.182. The van der Waals surface area contributed by atoms with Crippen molar-refractivity contribution < 1.29 is 14.8 Å². The number of nitro groups is 1. The first-order valence-corrected chi connectivity index (χ1v) is 5.23. The Bertz CT molecular complexity index is 443. The number of halogens is 1. The number of carbonyl (C=O) groups is 1. The molecule has 0 atom stereocenters. The Balaban J connectivity index is 0.00000121. The molecule has 6 heteroatoms. The van der Waals surface area contributed by atoms with Gasteiger partial charge in [-0.25, -0.2) is 4.79 Å². The predicted octanol–water partition coefficient (Wildman–Crippen LogP) is 3.37. The Morgan fingerprint density at radius 3 is 2.53 bits per heavy atom. The van der Waals surface area contributed by atoms with Crippen LogP contribution in [0.2, 0.25) is 5.02 Å². The van der Waals surface area contributed by atoms with E-state index < -0.39 is 10.9 Å². The van der Waals surface area contributed by atoms with Crippen molar-refractivity contribution in [3.05, 3.63) is 45.0 Å². The lowest BCUT2D eigenvalue weighted by atomic mass is 10.2. The molecule has 0 unspecified atom stereocenters. The van der Waals surface area contributed by atoms with Crippen LogP contribution in [-0.2, 0) is 4.79 Å². The molecule has 0 aliphatic rings. The average Bonchev–Trinajstić information content (AvgIpc) is 2.30. The third kappa shape index (κ3) is 5.12. The van der Waals surface area contributed by atoms with Crippen molar-refractivity contribution in [1.29, 1.82) is 0 Å². The topological polar surface area (TPSA) is 80.4 Å². The van der Waals surface area contributed by atoms with Gasteiger partial charge < -0.3 is 5.11 Å². The van der Waals surface area contributed by atoms with Gasteiger partial charge in [-0.05, 0) is 17.7 Å². The van der Waals surface area contributed by atoms with Crippen LogP contribution in [0.25, 0.3) is 6.08 Å². The molecular weight excluding hydrogens is 246 g/mol. The van der Waals surface area contributed by atoms with Gasteiger partial charge in [-0.3, -0.25) is 10.1 Å². The number of rotatable bonds is 3. The zero-order valence-electron chi connectivity index (χ0n) is 9.38. The van der Waals surface area contributed by atoms with Crippen molar-refractivity contribution in [2.24, 2.45) is 0 Å². The highest BCUT2D eigenvalue weighted by atomic mass is 35.5. The summed E-state index contributed by atoms with van der Waals surface area (Å²) in [5.41, 5.74) is 0.165. The molecule has 1 rings (SSSR count). The SMILES string of the molecule is CC.O=C(O)/C=C/c1ccc(Cl)c([N+](=O)[O-])c1. The van der Waals surface area contributed by atoms with E-state index in [1.165, 1.54) is 24.3 Å². The highest BCUT2D eigenvalue weighted by Gasteiger charge is 2.11. The van der Waals surface area contributed by atoms with Crippen LogP contribution in [0.5, 0.6) is 0 Å². The lowest BCUT2D eigenvalue weighted by Gasteiger charge is -1.96. The van der Waals surface area contributed by atoms with E-state index in [9.17, 15) is 14.9 Å². The van der Waals surface area contributed by atoms with Gasteiger partial charge in [0.05, 0.1) is 4.92 Å². The van der Waals surface area contributed by atoms with Gasteiger partial charge in [0.15, 0.2) is 0 Å². The van der Waals surface area contributed by atoms with Crippen molar-refractivity contribution in [3.8, 4) is 0 Å². The van der Waals surface area contributed by atoms with Gasteiger partial charge in [0.1, 0.15) is 5.02 Å². The first-order chi connectivity index (χ1) is 8.00. The summed E-state index contributed by atoms with van der Waals surface area (Å²) in [6.45, 7) is 4.00.